The molecule has 0 aliphatic carbocycles. The molecule has 1 atom stereocenters. The van der Waals surface area contributed by atoms with Crippen LogP contribution in [0.3, 0.4) is 0 Å². The highest BCUT2D eigenvalue weighted by Gasteiger charge is 2.16. The Balaban J connectivity index is 3.09. The van der Waals surface area contributed by atoms with E-state index in [1.807, 2.05) is 0 Å². The minimum atomic E-state index is -1.07. The Kier molecular flexibility index (Phi) is 4.09. The molecule has 0 bridgehead atoms. The number of likely N-dealkylation sites (N-methyl/N-ethyl adjacent to an activating group) is 1. The maximum atomic E-state index is 11.0. The van der Waals surface area contributed by atoms with E-state index >= 15 is 0 Å². The molecule has 1 aromatic heterocycles. The fourth-order valence-electron chi connectivity index (χ4n) is 1.37. The molecule has 0 radical (unpaired) electrons. The molecule has 16 heavy (non-hydrogen) atoms. The highest BCUT2D eigenvalue weighted by atomic mass is 35.5. The Bertz CT molecular complexity index is 396. The molecular weight excluding hydrogens is 232 g/mol. The first-order valence-electron chi connectivity index (χ1n) is 4.71. The van der Waals surface area contributed by atoms with Crippen molar-refractivity contribution in [3.8, 4) is 0 Å². The lowest BCUT2D eigenvalue weighted by atomic mass is 10.2. The van der Waals surface area contributed by atoms with Crippen LogP contribution in [0.15, 0.2) is 12.1 Å². The van der Waals surface area contributed by atoms with Gasteiger partial charge in [0.15, 0.2) is 0 Å². The molecule has 0 aliphatic rings. The Hall–Kier alpha value is -1.33. The topological polar surface area (TPSA) is 73.7 Å². The summed E-state index contributed by atoms with van der Waals surface area (Å²) >= 11 is 5.71. The molecule has 0 aromatic carbocycles. The molecule has 2 N–H and O–H groups in total. The summed E-state index contributed by atoms with van der Waals surface area (Å²) in [6.45, 7) is 1.90. The lowest BCUT2D eigenvalue weighted by Gasteiger charge is -2.21. The Morgan fingerprint density at radius 3 is 2.75 bits per heavy atom. The lowest BCUT2D eigenvalue weighted by molar-refractivity contribution is 0.0697. The molecule has 1 heterocycles. The van der Waals surface area contributed by atoms with Crippen LogP contribution in [0.2, 0.25) is 5.15 Å². The summed E-state index contributed by atoms with van der Waals surface area (Å²) in [5.74, 6) is -0.822. The highest BCUT2D eigenvalue weighted by molar-refractivity contribution is 6.29. The van der Waals surface area contributed by atoms with Gasteiger partial charge in [0.2, 0.25) is 0 Å². The number of nitrogens with zero attached hydrogens (tertiary/aromatic N) is 2. The molecule has 0 aliphatic heterocycles. The number of carboxylic acids is 1. The third-order valence-electron chi connectivity index (χ3n) is 1.97. The number of hydrogen-bond acceptors (Lipinski definition) is 4. The number of carboxylic acid groups (broad SMARTS) is 1. The molecule has 5 nitrogen and oxygen atoms in total. The van der Waals surface area contributed by atoms with E-state index in [4.69, 9.17) is 16.7 Å². The van der Waals surface area contributed by atoms with Crippen molar-refractivity contribution < 1.29 is 15.0 Å². The van der Waals surface area contributed by atoms with Crippen LogP contribution < -0.4 is 4.90 Å². The molecular formula is C10H13ClN2O3. The third-order valence-corrected chi connectivity index (χ3v) is 2.18. The summed E-state index contributed by atoms with van der Waals surface area (Å²) in [4.78, 5) is 16.5. The van der Waals surface area contributed by atoms with Crippen molar-refractivity contribution in [2.75, 3.05) is 18.5 Å². The maximum Gasteiger partial charge on any atom is 0.339 e. The minimum absolute atomic E-state index is 0.0625. The van der Waals surface area contributed by atoms with Crippen LogP contribution in [0.5, 0.6) is 0 Å². The molecule has 0 saturated heterocycles. The van der Waals surface area contributed by atoms with E-state index < -0.39 is 12.1 Å². The zero-order valence-electron chi connectivity index (χ0n) is 9.01. The van der Waals surface area contributed by atoms with Crippen LogP contribution in [0.4, 0.5) is 5.82 Å². The zero-order chi connectivity index (χ0) is 12.3. The van der Waals surface area contributed by atoms with Crippen LogP contribution in [0.1, 0.15) is 17.3 Å². The molecule has 1 rings (SSSR count). The largest absolute Gasteiger partial charge is 0.478 e. The van der Waals surface area contributed by atoms with Gasteiger partial charge >= 0.3 is 5.97 Å². The number of pyridine rings is 1. The maximum absolute atomic E-state index is 11.0. The lowest BCUT2D eigenvalue weighted by Crippen LogP contribution is -2.29. The van der Waals surface area contributed by atoms with Gasteiger partial charge in [0, 0.05) is 13.6 Å². The average Bonchev–Trinajstić information content (AvgIpc) is 2.15. The van der Waals surface area contributed by atoms with Crippen LogP contribution >= 0.6 is 11.6 Å². The van der Waals surface area contributed by atoms with Gasteiger partial charge < -0.3 is 15.1 Å². The highest BCUT2D eigenvalue weighted by Crippen LogP contribution is 2.20. The third kappa shape index (κ3) is 3.08. The molecule has 0 spiro atoms. The number of carbonyl (C=O) groups is 1. The van der Waals surface area contributed by atoms with E-state index in [1.165, 1.54) is 12.1 Å². The van der Waals surface area contributed by atoms with Crippen LogP contribution in [0, 0.1) is 0 Å². The first-order valence-corrected chi connectivity index (χ1v) is 5.08. The van der Waals surface area contributed by atoms with Crippen LogP contribution in [-0.2, 0) is 0 Å². The normalized spacial score (nSPS) is 12.2. The predicted molar refractivity (Wildman–Crippen MR) is 61.2 cm³/mol. The van der Waals surface area contributed by atoms with Crippen molar-refractivity contribution in [2.45, 2.75) is 13.0 Å². The molecule has 0 fully saturated rings. The van der Waals surface area contributed by atoms with Gasteiger partial charge in [-0.1, -0.05) is 11.6 Å². The molecule has 1 aromatic rings. The second-order valence-corrected chi connectivity index (χ2v) is 3.93. The van der Waals surface area contributed by atoms with Crippen molar-refractivity contribution >= 4 is 23.4 Å². The van der Waals surface area contributed by atoms with Gasteiger partial charge in [0.25, 0.3) is 0 Å². The summed E-state index contributed by atoms with van der Waals surface area (Å²) in [6.07, 6.45) is -0.576. The van der Waals surface area contributed by atoms with E-state index in [0.717, 1.165) is 0 Å². The summed E-state index contributed by atoms with van der Waals surface area (Å²) in [7, 11) is 1.65. The quantitative estimate of drug-likeness (QED) is 0.780. The van der Waals surface area contributed by atoms with Crippen LogP contribution in [-0.4, -0.2) is 40.9 Å². The van der Waals surface area contributed by atoms with E-state index in [2.05, 4.69) is 4.98 Å². The number of aromatic nitrogens is 1. The number of aliphatic hydroxyl groups is 1. The first kappa shape index (κ1) is 12.7. The van der Waals surface area contributed by atoms with Crippen molar-refractivity contribution in [3.63, 3.8) is 0 Å². The number of aliphatic hydroxyl groups excluding tert-OH is 1. The molecule has 0 saturated carbocycles. The summed E-state index contributed by atoms with van der Waals surface area (Å²) in [6, 6.07) is 2.82. The fourth-order valence-corrected chi connectivity index (χ4v) is 1.51. The predicted octanol–water partition coefficient (Wildman–Crippen LogP) is 1.25. The Labute approximate surface area is 98.3 Å². The Morgan fingerprint density at radius 1 is 1.62 bits per heavy atom. The molecule has 6 heteroatoms. The fraction of sp³-hybridized carbons (Fsp3) is 0.400. The number of aromatic carboxylic acids is 1. The summed E-state index contributed by atoms with van der Waals surface area (Å²) in [5, 5.41) is 18.4. The van der Waals surface area contributed by atoms with Gasteiger partial charge in [0.1, 0.15) is 16.5 Å². The van der Waals surface area contributed by atoms with E-state index in [9.17, 15) is 9.90 Å². The molecule has 0 amide bonds. The monoisotopic (exact) mass is 244 g/mol. The number of anilines is 1. The van der Waals surface area contributed by atoms with Crippen molar-refractivity contribution in [3.05, 3.63) is 22.8 Å². The number of rotatable bonds is 4. The van der Waals surface area contributed by atoms with Crippen molar-refractivity contribution in [1.82, 2.24) is 4.98 Å². The van der Waals surface area contributed by atoms with Gasteiger partial charge in [-0.05, 0) is 19.1 Å². The standard InChI is InChI=1S/C10H13ClN2O3/c1-6(14)5-13(2)9-7(10(15)16)3-4-8(11)12-9/h3-4,6,14H,5H2,1-2H3,(H,15,16). The van der Waals surface area contributed by atoms with Gasteiger partial charge in [-0.2, -0.15) is 0 Å². The van der Waals surface area contributed by atoms with E-state index in [1.54, 1.807) is 18.9 Å². The van der Waals surface area contributed by atoms with Gasteiger partial charge in [-0.3, -0.25) is 0 Å². The second-order valence-electron chi connectivity index (χ2n) is 3.54. The smallest absolute Gasteiger partial charge is 0.339 e. The first-order chi connectivity index (χ1) is 7.41. The Morgan fingerprint density at radius 2 is 2.25 bits per heavy atom. The van der Waals surface area contributed by atoms with E-state index in [0.29, 0.717) is 0 Å². The number of hydrogen-bond donors (Lipinski definition) is 2. The molecule has 1 unspecified atom stereocenters. The van der Waals surface area contributed by atoms with Gasteiger partial charge in [0.05, 0.1) is 6.10 Å². The van der Waals surface area contributed by atoms with E-state index in [-0.39, 0.29) is 23.1 Å². The number of halogens is 1. The molecule has 88 valence electrons. The van der Waals surface area contributed by atoms with Crippen molar-refractivity contribution in [2.24, 2.45) is 0 Å². The SMILES string of the molecule is CC(O)CN(C)c1nc(Cl)ccc1C(=O)O. The van der Waals surface area contributed by atoms with Gasteiger partial charge in [-0.15, -0.1) is 0 Å². The summed E-state index contributed by atoms with van der Waals surface area (Å²) in [5.41, 5.74) is 0.0625. The van der Waals surface area contributed by atoms with Gasteiger partial charge in [-0.25, -0.2) is 9.78 Å². The van der Waals surface area contributed by atoms with Crippen LogP contribution in [0.25, 0.3) is 0 Å². The van der Waals surface area contributed by atoms with Crippen molar-refractivity contribution in [1.29, 1.82) is 0 Å². The zero-order valence-corrected chi connectivity index (χ0v) is 9.77. The minimum Gasteiger partial charge on any atom is -0.478 e. The average molecular weight is 245 g/mol. The summed E-state index contributed by atoms with van der Waals surface area (Å²) < 4.78 is 0. The second kappa shape index (κ2) is 5.14.